The summed E-state index contributed by atoms with van der Waals surface area (Å²) in [6.45, 7) is 9.40. The number of hydrogen-bond donors (Lipinski definition) is 0. The molecule has 1 amide bonds. The average molecular weight is 374 g/mol. The number of carbonyl (C=O) groups excluding carboxylic acids is 1. The Morgan fingerprint density at radius 3 is 2.33 bits per heavy atom. The van der Waals surface area contributed by atoms with Gasteiger partial charge in [0.05, 0.1) is 0 Å². The lowest BCUT2D eigenvalue weighted by atomic mass is 9.86. The van der Waals surface area contributed by atoms with E-state index in [-0.39, 0.29) is 0 Å². The van der Waals surface area contributed by atoms with E-state index in [4.69, 9.17) is 0 Å². The fourth-order valence-electron chi connectivity index (χ4n) is 4.35. The molecule has 0 atom stereocenters. The third-order valence-corrected chi connectivity index (χ3v) is 6.17. The first-order chi connectivity index (χ1) is 13.2. The summed E-state index contributed by atoms with van der Waals surface area (Å²) in [5.74, 6) is 2.97. The van der Waals surface area contributed by atoms with E-state index in [1.54, 1.807) is 0 Å². The molecule has 1 saturated heterocycles. The van der Waals surface area contributed by atoms with Crippen molar-refractivity contribution in [2.75, 3.05) is 49.1 Å². The van der Waals surface area contributed by atoms with Gasteiger partial charge in [-0.25, -0.2) is 0 Å². The molecule has 1 saturated carbocycles. The zero-order valence-electron chi connectivity index (χ0n) is 17.1. The first-order valence-electron chi connectivity index (χ1n) is 10.8. The summed E-state index contributed by atoms with van der Waals surface area (Å²) >= 11 is 0. The van der Waals surface area contributed by atoms with Gasteiger partial charge < -0.3 is 14.7 Å². The Morgan fingerprint density at radius 2 is 1.74 bits per heavy atom. The molecule has 0 radical (unpaired) electrons. The molecule has 3 rings (SSSR count). The molecule has 6 heteroatoms. The second-order valence-corrected chi connectivity index (χ2v) is 7.83. The van der Waals surface area contributed by atoms with Crippen molar-refractivity contribution in [1.82, 2.24) is 15.1 Å². The van der Waals surface area contributed by atoms with Gasteiger partial charge in [-0.15, -0.1) is 10.2 Å². The number of aromatic nitrogens is 2. The smallest absolute Gasteiger partial charge is 0.222 e. The highest BCUT2D eigenvalue weighted by Crippen LogP contribution is 2.27. The lowest BCUT2D eigenvalue weighted by Gasteiger charge is -2.35. The van der Waals surface area contributed by atoms with Crippen molar-refractivity contribution in [2.45, 2.75) is 58.8 Å². The fraction of sp³-hybridized carbons (Fsp3) is 0.762. The van der Waals surface area contributed by atoms with Gasteiger partial charge in [0, 0.05) is 45.7 Å². The van der Waals surface area contributed by atoms with Crippen LogP contribution in [0.25, 0.3) is 0 Å². The van der Waals surface area contributed by atoms with Crippen molar-refractivity contribution in [3.05, 3.63) is 12.1 Å². The number of piperazine rings is 1. The van der Waals surface area contributed by atoms with Crippen molar-refractivity contribution < 1.29 is 4.79 Å². The van der Waals surface area contributed by atoms with Crippen LogP contribution in [0.15, 0.2) is 12.1 Å². The van der Waals surface area contributed by atoms with E-state index >= 15 is 0 Å². The SMILES string of the molecule is CCN(CC)c1ccc(N2CCN(C(=O)CCC3CCCCC3)CC2)nn1. The highest BCUT2D eigenvalue weighted by molar-refractivity contribution is 5.76. The Morgan fingerprint density at radius 1 is 1.04 bits per heavy atom. The van der Waals surface area contributed by atoms with Crippen LogP contribution in [0.2, 0.25) is 0 Å². The van der Waals surface area contributed by atoms with Crippen LogP contribution in [0.1, 0.15) is 58.8 Å². The first kappa shape index (κ1) is 19.9. The number of rotatable bonds is 7. The Labute approximate surface area is 163 Å². The van der Waals surface area contributed by atoms with Crippen LogP contribution in [-0.4, -0.2) is 60.3 Å². The molecule has 6 nitrogen and oxygen atoms in total. The Hall–Kier alpha value is -1.85. The zero-order chi connectivity index (χ0) is 19.1. The van der Waals surface area contributed by atoms with E-state index in [2.05, 4.69) is 46.0 Å². The third kappa shape index (κ3) is 5.33. The van der Waals surface area contributed by atoms with Crippen LogP contribution >= 0.6 is 0 Å². The maximum atomic E-state index is 12.5. The maximum absolute atomic E-state index is 12.5. The van der Waals surface area contributed by atoms with Crippen LogP contribution in [0, 0.1) is 5.92 Å². The van der Waals surface area contributed by atoms with Crippen LogP contribution < -0.4 is 9.80 Å². The van der Waals surface area contributed by atoms with Crippen molar-refractivity contribution in [2.24, 2.45) is 5.92 Å². The summed E-state index contributed by atoms with van der Waals surface area (Å²) in [4.78, 5) is 19.0. The van der Waals surface area contributed by atoms with Gasteiger partial charge in [0.1, 0.15) is 0 Å². The van der Waals surface area contributed by atoms with Crippen LogP contribution in [0.4, 0.5) is 11.6 Å². The third-order valence-electron chi connectivity index (χ3n) is 6.17. The number of nitrogens with zero attached hydrogens (tertiary/aromatic N) is 5. The van der Waals surface area contributed by atoms with Gasteiger partial charge in [0.15, 0.2) is 11.6 Å². The second kappa shape index (κ2) is 9.90. The largest absolute Gasteiger partial charge is 0.356 e. The average Bonchev–Trinajstić information content (AvgIpc) is 2.74. The number of anilines is 2. The van der Waals surface area contributed by atoms with E-state index < -0.39 is 0 Å². The van der Waals surface area contributed by atoms with E-state index in [1.807, 2.05) is 4.90 Å². The number of carbonyl (C=O) groups is 1. The Balaban J connectivity index is 1.44. The molecule has 0 bridgehead atoms. The van der Waals surface area contributed by atoms with Gasteiger partial charge in [-0.3, -0.25) is 4.79 Å². The summed E-state index contributed by atoms with van der Waals surface area (Å²) in [7, 11) is 0. The molecular weight excluding hydrogens is 338 g/mol. The normalized spacial score (nSPS) is 18.6. The van der Waals surface area contributed by atoms with Crippen molar-refractivity contribution >= 4 is 17.5 Å². The summed E-state index contributed by atoms with van der Waals surface area (Å²) in [6, 6.07) is 4.11. The van der Waals surface area contributed by atoms with Crippen LogP contribution in [-0.2, 0) is 4.79 Å². The molecule has 1 aliphatic carbocycles. The van der Waals surface area contributed by atoms with Crippen molar-refractivity contribution in [3.63, 3.8) is 0 Å². The maximum Gasteiger partial charge on any atom is 0.222 e. The predicted molar refractivity (Wildman–Crippen MR) is 110 cm³/mol. The van der Waals surface area contributed by atoms with Gasteiger partial charge >= 0.3 is 0 Å². The second-order valence-electron chi connectivity index (χ2n) is 7.83. The topological polar surface area (TPSA) is 52.6 Å². The minimum atomic E-state index is 0.336. The molecular formula is C21H35N5O. The van der Waals surface area contributed by atoms with Crippen molar-refractivity contribution in [1.29, 1.82) is 0 Å². The van der Waals surface area contributed by atoms with Gasteiger partial charge in [-0.05, 0) is 38.3 Å². The Kier molecular flexibility index (Phi) is 7.30. The van der Waals surface area contributed by atoms with Crippen molar-refractivity contribution in [3.8, 4) is 0 Å². The zero-order valence-corrected chi connectivity index (χ0v) is 17.1. The molecule has 2 aliphatic rings. The molecule has 0 unspecified atom stereocenters. The molecule has 1 aromatic rings. The predicted octanol–water partition coefficient (Wildman–Crippen LogP) is 3.33. The molecule has 2 heterocycles. The highest BCUT2D eigenvalue weighted by Gasteiger charge is 2.23. The number of amides is 1. The lowest BCUT2D eigenvalue weighted by molar-refractivity contribution is -0.131. The first-order valence-corrected chi connectivity index (χ1v) is 10.8. The van der Waals surface area contributed by atoms with Gasteiger partial charge in [0.2, 0.25) is 5.91 Å². The van der Waals surface area contributed by atoms with Crippen LogP contribution in [0.3, 0.4) is 0 Å². The molecule has 0 aromatic carbocycles. The van der Waals surface area contributed by atoms with Crippen LogP contribution in [0.5, 0.6) is 0 Å². The quantitative estimate of drug-likeness (QED) is 0.734. The van der Waals surface area contributed by atoms with Gasteiger partial charge in [-0.2, -0.15) is 0 Å². The Bertz CT molecular complexity index is 573. The minimum Gasteiger partial charge on any atom is -0.356 e. The van der Waals surface area contributed by atoms with E-state index in [0.29, 0.717) is 5.91 Å². The number of hydrogen-bond acceptors (Lipinski definition) is 5. The molecule has 0 N–H and O–H groups in total. The van der Waals surface area contributed by atoms with E-state index in [0.717, 1.165) is 69.7 Å². The molecule has 1 aromatic heterocycles. The fourth-order valence-corrected chi connectivity index (χ4v) is 4.35. The van der Waals surface area contributed by atoms with E-state index in [1.165, 1.54) is 32.1 Å². The molecule has 0 spiro atoms. The van der Waals surface area contributed by atoms with Gasteiger partial charge in [0.25, 0.3) is 0 Å². The minimum absolute atomic E-state index is 0.336. The lowest BCUT2D eigenvalue weighted by Crippen LogP contribution is -2.49. The molecule has 150 valence electrons. The standard InChI is InChI=1S/C21H35N5O/c1-3-24(4-2)19-11-12-20(23-22-19)25-14-16-26(17-15-25)21(27)13-10-18-8-6-5-7-9-18/h11-12,18H,3-10,13-17H2,1-2H3. The molecule has 1 aliphatic heterocycles. The summed E-state index contributed by atoms with van der Waals surface area (Å²) < 4.78 is 0. The summed E-state index contributed by atoms with van der Waals surface area (Å²) in [5, 5.41) is 8.80. The van der Waals surface area contributed by atoms with Gasteiger partial charge in [-0.1, -0.05) is 32.1 Å². The summed E-state index contributed by atoms with van der Waals surface area (Å²) in [6.07, 6.45) is 8.54. The summed E-state index contributed by atoms with van der Waals surface area (Å²) in [5.41, 5.74) is 0. The molecule has 27 heavy (non-hydrogen) atoms. The van der Waals surface area contributed by atoms with E-state index in [9.17, 15) is 4.79 Å². The highest BCUT2D eigenvalue weighted by atomic mass is 16.2. The molecule has 2 fully saturated rings. The monoisotopic (exact) mass is 373 g/mol.